The van der Waals surface area contributed by atoms with Crippen LogP contribution in [-0.2, 0) is 6.54 Å². The molecule has 0 spiro atoms. The molecule has 2 aromatic rings. The molecule has 0 aliphatic rings. The number of halogens is 2. The summed E-state index contributed by atoms with van der Waals surface area (Å²) in [6.45, 7) is 0.637. The van der Waals surface area contributed by atoms with Gasteiger partial charge in [0.25, 0.3) is 0 Å². The fourth-order valence-corrected chi connectivity index (χ4v) is 1.62. The predicted octanol–water partition coefficient (Wildman–Crippen LogP) is 2.83. The minimum atomic E-state index is 0.456. The number of hydrogen-bond acceptors (Lipinski definition) is 3. The van der Waals surface area contributed by atoms with E-state index in [4.69, 9.17) is 11.6 Å². The predicted molar refractivity (Wildman–Crippen MR) is 62.9 cm³/mol. The van der Waals surface area contributed by atoms with E-state index in [0.29, 0.717) is 11.7 Å². The zero-order valence-electron chi connectivity index (χ0n) is 7.67. The normalized spacial score (nSPS) is 10.3. The number of aromatic amines is 1. The number of nitrogens with zero attached hydrogens (tertiary/aromatic N) is 2. The van der Waals surface area contributed by atoms with Crippen molar-refractivity contribution in [1.82, 2.24) is 15.2 Å². The van der Waals surface area contributed by atoms with Crippen molar-refractivity contribution in [3.8, 4) is 0 Å². The van der Waals surface area contributed by atoms with E-state index < -0.39 is 0 Å². The van der Waals surface area contributed by atoms with Crippen LogP contribution in [0.2, 0.25) is 5.15 Å². The highest BCUT2D eigenvalue weighted by atomic mass is 79.9. The zero-order valence-corrected chi connectivity index (χ0v) is 10.0. The molecule has 0 saturated carbocycles. The Kier molecular flexibility index (Phi) is 3.23. The van der Waals surface area contributed by atoms with Crippen LogP contribution in [0.5, 0.6) is 0 Å². The molecule has 2 rings (SSSR count). The van der Waals surface area contributed by atoms with Crippen LogP contribution in [0.4, 0.5) is 5.69 Å². The molecule has 2 heterocycles. The van der Waals surface area contributed by atoms with E-state index >= 15 is 0 Å². The molecule has 0 saturated heterocycles. The lowest BCUT2D eigenvalue weighted by Gasteiger charge is -2.06. The summed E-state index contributed by atoms with van der Waals surface area (Å²) in [7, 11) is 0. The van der Waals surface area contributed by atoms with Gasteiger partial charge in [0.1, 0.15) is 0 Å². The first-order valence-corrected chi connectivity index (χ1v) is 5.46. The molecule has 0 aliphatic heterocycles. The van der Waals surface area contributed by atoms with Crippen molar-refractivity contribution >= 4 is 33.2 Å². The number of H-pyrrole nitrogens is 1. The summed E-state index contributed by atoms with van der Waals surface area (Å²) in [5.41, 5.74) is 1.78. The summed E-state index contributed by atoms with van der Waals surface area (Å²) in [6, 6.07) is 3.78. The number of pyridine rings is 1. The quantitative estimate of drug-likeness (QED) is 0.854. The van der Waals surface area contributed by atoms with Crippen molar-refractivity contribution in [2.45, 2.75) is 6.54 Å². The average Bonchev–Trinajstić information content (AvgIpc) is 2.72. The van der Waals surface area contributed by atoms with Crippen LogP contribution in [0.15, 0.2) is 29.0 Å². The van der Waals surface area contributed by atoms with Crippen molar-refractivity contribution in [2.24, 2.45) is 0 Å². The van der Waals surface area contributed by atoms with Gasteiger partial charge in [0.15, 0.2) is 5.15 Å². The van der Waals surface area contributed by atoms with Gasteiger partial charge in [-0.05, 0) is 28.1 Å². The number of anilines is 1. The molecule has 0 aromatic carbocycles. The van der Waals surface area contributed by atoms with Crippen LogP contribution in [0.3, 0.4) is 0 Å². The maximum absolute atomic E-state index is 5.92. The van der Waals surface area contributed by atoms with E-state index in [1.165, 1.54) is 0 Å². The lowest BCUT2D eigenvalue weighted by atomic mass is 10.4. The van der Waals surface area contributed by atoms with E-state index in [2.05, 4.69) is 36.4 Å². The first kappa shape index (κ1) is 10.4. The molecule has 2 N–H and O–H groups in total. The van der Waals surface area contributed by atoms with Gasteiger partial charge in [-0.2, -0.15) is 5.10 Å². The van der Waals surface area contributed by atoms with Crippen molar-refractivity contribution in [3.05, 3.63) is 39.8 Å². The largest absolute Gasteiger partial charge is 0.377 e. The molecule has 0 atom stereocenters. The van der Waals surface area contributed by atoms with Crippen molar-refractivity contribution in [1.29, 1.82) is 0 Å². The fraction of sp³-hybridized carbons (Fsp3) is 0.111. The van der Waals surface area contributed by atoms with Crippen LogP contribution in [0, 0.1) is 0 Å². The van der Waals surface area contributed by atoms with E-state index in [-0.39, 0.29) is 0 Å². The highest BCUT2D eigenvalue weighted by molar-refractivity contribution is 9.10. The molecule has 0 aliphatic carbocycles. The van der Waals surface area contributed by atoms with Crippen molar-refractivity contribution in [2.75, 3.05) is 5.32 Å². The highest BCUT2D eigenvalue weighted by Crippen LogP contribution is 2.23. The smallest absolute Gasteiger partial charge is 0.152 e. The van der Waals surface area contributed by atoms with Gasteiger partial charge in [0.2, 0.25) is 0 Å². The third kappa shape index (κ3) is 2.70. The molecule has 6 heteroatoms. The van der Waals surface area contributed by atoms with Crippen LogP contribution >= 0.6 is 27.5 Å². The molecule has 15 heavy (non-hydrogen) atoms. The van der Waals surface area contributed by atoms with Crippen LogP contribution in [0.25, 0.3) is 0 Å². The summed E-state index contributed by atoms with van der Waals surface area (Å²) < 4.78 is 0.888. The first-order valence-electron chi connectivity index (χ1n) is 4.29. The number of aromatic nitrogens is 3. The molecule has 4 nitrogen and oxygen atoms in total. The molecule has 0 radical (unpaired) electrons. The SMILES string of the molecule is Clc1ncc(Br)cc1NCc1ccn[nH]1. The van der Waals surface area contributed by atoms with Gasteiger partial charge in [0.05, 0.1) is 17.9 Å². The number of nitrogens with one attached hydrogen (secondary N) is 2. The Morgan fingerprint density at radius 2 is 2.40 bits per heavy atom. The third-order valence-electron chi connectivity index (χ3n) is 1.83. The van der Waals surface area contributed by atoms with Gasteiger partial charge >= 0.3 is 0 Å². The second-order valence-electron chi connectivity index (χ2n) is 2.93. The number of hydrogen-bond donors (Lipinski definition) is 2. The molecular weight excluding hydrogens is 279 g/mol. The Hall–Kier alpha value is -1.07. The van der Waals surface area contributed by atoms with Gasteiger partial charge in [-0.1, -0.05) is 11.6 Å². The maximum atomic E-state index is 5.92. The first-order chi connectivity index (χ1) is 7.25. The van der Waals surface area contributed by atoms with Crippen LogP contribution in [-0.4, -0.2) is 15.2 Å². The summed E-state index contributed by atoms with van der Waals surface area (Å²) in [5.74, 6) is 0. The van der Waals surface area contributed by atoms with E-state index in [9.17, 15) is 0 Å². The zero-order chi connectivity index (χ0) is 10.7. The Morgan fingerprint density at radius 1 is 1.53 bits per heavy atom. The average molecular weight is 288 g/mol. The molecule has 0 fully saturated rings. The molecule has 0 amide bonds. The summed E-state index contributed by atoms with van der Waals surface area (Å²) >= 11 is 9.25. The maximum Gasteiger partial charge on any atom is 0.152 e. The standard InChI is InChI=1S/C9H8BrClN4/c10-6-3-8(9(11)13-4-6)12-5-7-1-2-14-15-7/h1-4,12H,5H2,(H,14,15). The van der Waals surface area contributed by atoms with Crippen molar-refractivity contribution < 1.29 is 0 Å². The van der Waals surface area contributed by atoms with Gasteiger partial charge in [-0.3, -0.25) is 5.10 Å². The summed E-state index contributed by atoms with van der Waals surface area (Å²) in [6.07, 6.45) is 3.36. The van der Waals surface area contributed by atoms with Gasteiger partial charge < -0.3 is 5.32 Å². The van der Waals surface area contributed by atoms with Crippen LogP contribution in [0.1, 0.15) is 5.69 Å². The van der Waals surface area contributed by atoms with Crippen molar-refractivity contribution in [3.63, 3.8) is 0 Å². The summed E-state index contributed by atoms with van der Waals surface area (Å²) in [4.78, 5) is 4.01. The van der Waals surface area contributed by atoms with E-state index in [1.807, 2.05) is 12.1 Å². The Balaban J connectivity index is 2.07. The monoisotopic (exact) mass is 286 g/mol. The van der Waals surface area contributed by atoms with Gasteiger partial charge in [-0.15, -0.1) is 0 Å². The Labute approximate surface area is 100 Å². The second kappa shape index (κ2) is 4.63. The summed E-state index contributed by atoms with van der Waals surface area (Å²) in [5, 5.41) is 10.3. The third-order valence-corrected chi connectivity index (χ3v) is 2.57. The van der Waals surface area contributed by atoms with Gasteiger partial charge in [0, 0.05) is 16.9 Å². The molecule has 2 aromatic heterocycles. The highest BCUT2D eigenvalue weighted by Gasteiger charge is 2.02. The molecule has 78 valence electrons. The minimum Gasteiger partial charge on any atom is -0.377 e. The second-order valence-corrected chi connectivity index (χ2v) is 4.20. The number of rotatable bonds is 3. The van der Waals surface area contributed by atoms with Crippen LogP contribution < -0.4 is 5.32 Å². The van der Waals surface area contributed by atoms with Gasteiger partial charge in [-0.25, -0.2) is 4.98 Å². The van der Waals surface area contributed by atoms with E-state index in [1.54, 1.807) is 12.4 Å². The van der Waals surface area contributed by atoms with E-state index in [0.717, 1.165) is 15.9 Å². The lowest BCUT2D eigenvalue weighted by Crippen LogP contribution is -2.01. The fourth-order valence-electron chi connectivity index (χ4n) is 1.12. The topological polar surface area (TPSA) is 53.6 Å². The Bertz CT molecular complexity index is 443. The minimum absolute atomic E-state index is 0.456. The molecular formula is C9H8BrClN4. The Morgan fingerprint density at radius 3 is 3.13 bits per heavy atom. The lowest BCUT2D eigenvalue weighted by molar-refractivity contribution is 0.980. The molecule has 0 unspecified atom stereocenters. The molecule has 0 bridgehead atoms.